The number of hydrogen-bond donors (Lipinski definition) is 1. The van der Waals surface area contributed by atoms with Crippen LogP contribution in [0.5, 0.6) is 11.5 Å². The lowest BCUT2D eigenvalue weighted by atomic mass is 10.2. The summed E-state index contributed by atoms with van der Waals surface area (Å²) in [4.78, 5) is 24.9. The Morgan fingerprint density at radius 2 is 1.81 bits per heavy atom. The Hall–Kier alpha value is -3.11. The summed E-state index contributed by atoms with van der Waals surface area (Å²) < 4.78 is 42.4. The maximum Gasteiger partial charge on any atom is 0.338 e. The molecular formula is C21H24N2O7S. The van der Waals surface area contributed by atoms with Gasteiger partial charge in [0.05, 0.1) is 10.5 Å². The second kappa shape index (κ2) is 9.36. The number of carbonyl (C=O) groups excluding carboxylic acids is 2. The van der Waals surface area contributed by atoms with Gasteiger partial charge in [0, 0.05) is 24.8 Å². The second-order valence-corrected chi connectivity index (χ2v) is 8.66. The SMILES string of the molecule is CCN(CC)S(=O)(=O)c1cccc(C(=O)OC(C)C(=O)Nc2ccc3c(c2)OCO3)c1. The molecule has 0 aromatic heterocycles. The molecule has 0 saturated heterocycles. The minimum Gasteiger partial charge on any atom is -0.454 e. The molecule has 1 unspecified atom stereocenters. The minimum atomic E-state index is -3.72. The third-order valence-corrected chi connectivity index (χ3v) is 6.75. The Labute approximate surface area is 181 Å². The maximum atomic E-state index is 12.7. The number of esters is 1. The Morgan fingerprint density at radius 1 is 1.10 bits per heavy atom. The number of benzene rings is 2. The summed E-state index contributed by atoms with van der Waals surface area (Å²) in [6.07, 6.45) is -1.11. The molecule has 1 heterocycles. The number of amides is 1. The average Bonchev–Trinajstić information content (AvgIpc) is 3.22. The molecule has 0 bridgehead atoms. The number of anilines is 1. The van der Waals surface area contributed by atoms with Crippen LogP contribution in [0.25, 0.3) is 0 Å². The maximum absolute atomic E-state index is 12.7. The summed E-state index contributed by atoms with van der Waals surface area (Å²) in [6.45, 7) is 5.63. The van der Waals surface area contributed by atoms with Gasteiger partial charge in [-0.05, 0) is 37.3 Å². The molecule has 0 saturated carbocycles. The van der Waals surface area contributed by atoms with Crippen molar-refractivity contribution < 1.29 is 32.2 Å². The lowest BCUT2D eigenvalue weighted by molar-refractivity contribution is -0.123. The van der Waals surface area contributed by atoms with Crippen LogP contribution in [0.1, 0.15) is 31.1 Å². The van der Waals surface area contributed by atoms with Gasteiger partial charge in [-0.15, -0.1) is 0 Å². The van der Waals surface area contributed by atoms with E-state index < -0.39 is 28.0 Å². The van der Waals surface area contributed by atoms with Crippen molar-refractivity contribution >= 4 is 27.6 Å². The zero-order valence-electron chi connectivity index (χ0n) is 17.5. The van der Waals surface area contributed by atoms with Gasteiger partial charge < -0.3 is 19.5 Å². The fourth-order valence-corrected chi connectivity index (χ4v) is 4.50. The molecule has 1 aliphatic heterocycles. The molecule has 3 rings (SSSR count). The number of carbonyl (C=O) groups is 2. The lowest BCUT2D eigenvalue weighted by Crippen LogP contribution is -2.31. The summed E-state index contributed by atoms with van der Waals surface area (Å²) in [6, 6.07) is 10.5. The predicted octanol–water partition coefficient (Wildman–Crippen LogP) is 2.63. The van der Waals surface area contributed by atoms with Crippen molar-refractivity contribution in [1.82, 2.24) is 4.31 Å². The van der Waals surface area contributed by atoms with E-state index in [4.69, 9.17) is 14.2 Å². The predicted molar refractivity (Wildman–Crippen MR) is 113 cm³/mol. The number of sulfonamides is 1. The summed E-state index contributed by atoms with van der Waals surface area (Å²) in [5.41, 5.74) is 0.500. The number of rotatable bonds is 8. The van der Waals surface area contributed by atoms with Gasteiger partial charge in [0.1, 0.15) is 0 Å². The van der Waals surface area contributed by atoms with E-state index in [1.807, 2.05) is 0 Å². The first-order valence-corrected chi connectivity index (χ1v) is 11.2. The molecule has 10 heteroatoms. The number of hydrogen-bond acceptors (Lipinski definition) is 7. The molecule has 2 aromatic carbocycles. The van der Waals surface area contributed by atoms with Gasteiger partial charge in [-0.2, -0.15) is 4.31 Å². The Morgan fingerprint density at radius 3 is 2.52 bits per heavy atom. The highest BCUT2D eigenvalue weighted by atomic mass is 32.2. The van der Waals surface area contributed by atoms with Crippen molar-refractivity contribution in [1.29, 1.82) is 0 Å². The molecule has 1 atom stereocenters. The summed E-state index contributed by atoms with van der Waals surface area (Å²) in [5.74, 6) is -0.255. The zero-order valence-corrected chi connectivity index (χ0v) is 18.3. The second-order valence-electron chi connectivity index (χ2n) is 6.72. The Kier molecular flexibility index (Phi) is 6.81. The first-order valence-electron chi connectivity index (χ1n) is 9.78. The zero-order chi connectivity index (χ0) is 22.6. The van der Waals surface area contributed by atoms with E-state index in [1.54, 1.807) is 32.0 Å². The van der Waals surface area contributed by atoms with Gasteiger partial charge in [-0.25, -0.2) is 13.2 Å². The largest absolute Gasteiger partial charge is 0.454 e. The first kappa shape index (κ1) is 22.6. The van der Waals surface area contributed by atoms with Crippen LogP contribution in [0.15, 0.2) is 47.4 Å². The fourth-order valence-electron chi connectivity index (χ4n) is 3.00. The molecule has 166 valence electrons. The van der Waals surface area contributed by atoms with E-state index in [0.29, 0.717) is 30.3 Å². The van der Waals surface area contributed by atoms with Gasteiger partial charge in [0.25, 0.3) is 5.91 Å². The van der Waals surface area contributed by atoms with Crippen LogP contribution in [0.3, 0.4) is 0 Å². The minimum absolute atomic E-state index is 0.0110. The summed E-state index contributed by atoms with van der Waals surface area (Å²) >= 11 is 0. The van der Waals surface area contributed by atoms with Crippen molar-refractivity contribution in [3.8, 4) is 11.5 Å². The van der Waals surface area contributed by atoms with Crippen LogP contribution in [-0.4, -0.2) is 50.6 Å². The number of fused-ring (bicyclic) bond motifs is 1. The van der Waals surface area contributed by atoms with Crippen LogP contribution in [0.2, 0.25) is 0 Å². The number of ether oxygens (including phenoxy) is 3. The van der Waals surface area contributed by atoms with Crippen molar-refractivity contribution in [2.24, 2.45) is 0 Å². The highest BCUT2D eigenvalue weighted by molar-refractivity contribution is 7.89. The lowest BCUT2D eigenvalue weighted by Gasteiger charge is -2.19. The van der Waals surface area contributed by atoms with Crippen molar-refractivity contribution in [3.63, 3.8) is 0 Å². The van der Waals surface area contributed by atoms with Crippen LogP contribution in [0, 0.1) is 0 Å². The van der Waals surface area contributed by atoms with Gasteiger partial charge >= 0.3 is 5.97 Å². The highest BCUT2D eigenvalue weighted by Gasteiger charge is 2.24. The Balaban J connectivity index is 1.67. The van der Waals surface area contributed by atoms with Crippen molar-refractivity contribution in [2.45, 2.75) is 31.8 Å². The molecule has 0 spiro atoms. The first-order chi connectivity index (χ1) is 14.8. The van der Waals surface area contributed by atoms with Gasteiger partial charge in [-0.1, -0.05) is 19.9 Å². The topological polar surface area (TPSA) is 111 Å². The smallest absolute Gasteiger partial charge is 0.338 e. The standard InChI is InChI=1S/C21H24N2O7S/c1-4-23(5-2)31(26,27)17-8-6-7-15(11-17)21(25)30-14(3)20(24)22-16-9-10-18-19(12-16)29-13-28-18/h6-12,14H,4-5,13H2,1-3H3,(H,22,24). The molecular weight excluding hydrogens is 424 g/mol. The van der Waals surface area contributed by atoms with Crippen molar-refractivity contribution in [2.75, 3.05) is 25.2 Å². The summed E-state index contributed by atoms with van der Waals surface area (Å²) in [7, 11) is -3.72. The van der Waals surface area contributed by atoms with Crippen molar-refractivity contribution in [3.05, 3.63) is 48.0 Å². The number of nitrogens with one attached hydrogen (secondary N) is 1. The number of nitrogens with zero attached hydrogens (tertiary/aromatic N) is 1. The van der Waals surface area contributed by atoms with E-state index in [1.165, 1.54) is 35.5 Å². The quantitative estimate of drug-likeness (QED) is 0.618. The summed E-state index contributed by atoms with van der Waals surface area (Å²) in [5, 5.41) is 2.64. The van der Waals surface area contributed by atoms with Gasteiger partial charge in [-0.3, -0.25) is 4.79 Å². The monoisotopic (exact) mass is 448 g/mol. The van der Waals surface area contributed by atoms with Gasteiger partial charge in [0.2, 0.25) is 16.8 Å². The molecule has 2 aromatic rings. The molecule has 31 heavy (non-hydrogen) atoms. The van der Waals surface area contributed by atoms with E-state index >= 15 is 0 Å². The molecule has 0 radical (unpaired) electrons. The molecule has 0 aliphatic carbocycles. The third-order valence-electron chi connectivity index (χ3n) is 4.71. The van der Waals surface area contributed by atoms with Crippen LogP contribution < -0.4 is 14.8 Å². The average molecular weight is 448 g/mol. The van der Waals surface area contributed by atoms with E-state index in [0.717, 1.165) is 0 Å². The third kappa shape index (κ3) is 4.97. The highest BCUT2D eigenvalue weighted by Crippen LogP contribution is 2.34. The normalized spacial score (nSPS) is 13.7. The van der Waals surface area contributed by atoms with E-state index in [9.17, 15) is 18.0 Å². The molecule has 0 fully saturated rings. The molecule has 1 amide bonds. The molecule has 1 N–H and O–H groups in total. The van der Waals surface area contributed by atoms with E-state index in [-0.39, 0.29) is 17.3 Å². The molecule has 9 nitrogen and oxygen atoms in total. The fraction of sp³-hybridized carbons (Fsp3) is 0.333. The van der Waals surface area contributed by atoms with E-state index in [2.05, 4.69) is 5.32 Å². The van der Waals surface area contributed by atoms with Crippen LogP contribution in [-0.2, 0) is 19.6 Å². The van der Waals surface area contributed by atoms with Gasteiger partial charge in [0.15, 0.2) is 17.6 Å². The van der Waals surface area contributed by atoms with Crippen LogP contribution in [0.4, 0.5) is 5.69 Å². The van der Waals surface area contributed by atoms with Crippen LogP contribution >= 0.6 is 0 Å². The molecule has 1 aliphatic rings. The Bertz CT molecular complexity index is 1080.